The first kappa shape index (κ1) is 20.6. The molecule has 1 N–H and O–H groups in total. The van der Waals surface area contributed by atoms with Crippen molar-refractivity contribution >= 4 is 28.3 Å². The highest BCUT2D eigenvalue weighted by Gasteiger charge is 2.48. The number of Topliss-reactive ketones (excluding diaryl/α,β-unsaturated/α-hetero) is 1. The van der Waals surface area contributed by atoms with E-state index in [1.54, 1.807) is 6.20 Å². The quantitative estimate of drug-likeness (QED) is 0.424. The monoisotopic (exact) mass is 457 g/mol. The van der Waals surface area contributed by atoms with Gasteiger partial charge in [0.15, 0.2) is 5.78 Å². The summed E-state index contributed by atoms with van der Waals surface area (Å²) in [5, 5.41) is 4.94. The molecular formula is C27H24ClN3O2. The van der Waals surface area contributed by atoms with Crippen LogP contribution in [0.4, 0.5) is 0 Å². The topological polar surface area (TPSA) is 56.2 Å². The van der Waals surface area contributed by atoms with E-state index < -0.39 is 6.10 Å². The molecule has 2 aliphatic rings. The van der Waals surface area contributed by atoms with Gasteiger partial charge in [-0.2, -0.15) is 0 Å². The Balaban J connectivity index is 1.43. The molecule has 0 unspecified atom stereocenters. The Hall–Kier alpha value is -2.99. The molecule has 5 nitrogen and oxygen atoms in total. The molecule has 1 saturated heterocycles. The zero-order valence-electron chi connectivity index (χ0n) is 18.1. The number of hydrogen-bond acceptors (Lipinski definition) is 4. The van der Waals surface area contributed by atoms with Crippen LogP contribution in [-0.4, -0.2) is 28.4 Å². The summed E-state index contributed by atoms with van der Waals surface area (Å²) in [5.41, 5.74) is 4.41. The number of hydrogen-bond donors (Lipinski definition) is 1. The number of aromatic nitrogens is 2. The molecule has 0 aliphatic carbocycles. The van der Waals surface area contributed by atoms with E-state index in [0.717, 1.165) is 53.5 Å². The average molecular weight is 458 g/mol. The van der Waals surface area contributed by atoms with E-state index in [4.69, 9.17) is 16.3 Å². The first-order valence-electron chi connectivity index (χ1n) is 11.3. The second-order valence-electron chi connectivity index (χ2n) is 8.89. The van der Waals surface area contributed by atoms with Crippen molar-refractivity contribution < 1.29 is 9.53 Å². The summed E-state index contributed by atoms with van der Waals surface area (Å²) < 4.78 is 8.72. The fourth-order valence-corrected chi connectivity index (χ4v) is 5.49. The fraction of sp³-hybridized carbons (Fsp3) is 0.259. The number of halogens is 1. The van der Waals surface area contributed by atoms with Crippen LogP contribution in [0.1, 0.15) is 46.0 Å². The van der Waals surface area contributed by atoms with E-state index in [1.807, 2.05) is 60.9 Å². The van der Waals surface area contributed by atoms with Gasteiger partial charge in [0.05, 0.1) is 11.1 Å². The zero-order chi connectivity index (χ0) is 22.4. The van der Waals surface area contributed by atoms with Crippen LogP contribution in [0.25, 0.3) is 10.9 Å². The molecule has 1 spiro atoms. The molecule has 1 atom stereocenters. The van der Waals surface area contributed by atoms with Gasteiger partial charge < -0.3 is 14.6 Å². The largest absolute Gasteiger partial charge is 0.354 e. The highest BCUT2D eigenvalue weighted by Crippen LogP contribution is 2.49. The Morgan fingerprint density at radius 1 is 1.15 bits per heavy atom. The van der Waals surface area contributed by atoms with Gasteiger partial charge in [-0.25, -0.2) is 0 Å². The Kier molecular flexibility index (Phi) is 5.06. The number of carbonyl (C=O) groups excluding carboxylic acids is 1. The summed E-state index contributed by atoms with van der Waals surface area (Å²) in [4.78, 5) is 18.2. The zero-order valence-corrected chi connectivity index (χ0v) is 18.9. The minimum Gasteiger partial charge on any atom is -0.354 e. The van der Waals surface area contributed by atoms with Crippen molar-refractivity contribution in [2.45, 2.75) is 31.1 Å². The number of nitrogens with zero attached hydrogens (tertiary/aromatic N) is 2. The Morgan fingerprint density at radius 3 is 2.82 bits per heavy atom. The normalized spacial score (nSPS) is 19.1. The Labute approximate surface area is 197 Å². The molecule has 166 valence electrons. The number of ether oxygens (including phenoxy) is 1. The third-order valence-electron chi connectivity index (χ3n) is 6.91. The fourth-order valence-electron chi connectivity index (χ4n) is 5.33. The predicted octanol–water partition coefficient (Wildman–Crippen LogP) is 5.27. The molecule has 2 aromatic carbocycles. The van der Waals surface area contributed by atoms with Crippen molar-refractivity contribution in [3.63, 3.8) is 0 Å². The van der Waals surface area contributed by atoms with E-state index in [1.165, 1.54) is 0 Å². The van der Waals surface area contributed by atoms with Gasteiger partial charge in [-0.3, -0.25) is 9.78 Å². The van der Waals surface area contributed by atoms with Crippen molar-refractivity contribution in [3.05, 3.63) is 100 Å². The predicted molar refractivity (Wildman–Crippen MR) is 129 cm³/mol. The summed E-state index contributed by atoms with van der Waals surface area (Å²) in [6, 6.07) is 17.8. The van der Waals surface area contributed by atoms with Crippen molar-refractivity contribution in [1.82, 2.24) is 14.9 Å². The second kappa shape index (κ2) is 8.10. The molecule has 33 heavy (non-hydrogen) atoms. The lowest BCUT2D eigenvalue weighted by Gasteiger charge is -2.34. The lowest BCUT2D eigenvalue weighted by molar-refractivity contribution is -0.0805. The minimum atomic E-state index is -0.604. The van der Waals surface area contributed by atoms with Crippen LogP contribution in [0.3, 0.4) is 0 Å². The van der Waals surface area contributed by atoms with Crippen LogP contribution in [-0.2, 0) is 16.9 Å². The first-order valence-corrected chi connectivity index (χ1v) is 11.7. The smallest absolute Gasteiger partial charge is 0.198 e. The molecular weight excluding hydrogens is 434 g/mol. The number of carbonyl (C=O) groups is 1. The molecule has 0 bridgehead atoms. The molecule has 6 heteroatoms. The van der Waals surface area contributed by atoms with Crippen molar-refractivity contribution in [1.29, 1.82) is 0 Å². The number of benzene rings is 2. The van der Waals surface area contributed by atoms with Crippen LogP contribution in [0, 0.1) is 0 Å². The SMILES string of the molecule is O=C(c1cn(Cc2cccnc2)c2cc(Cl)ccc12)[C@@H]1OC2(CCNCC2)c2ccccc21. The van der Waals surface area contributed by atoms with Crippen LogP contribution < -0.4 is 5.32 Å². The van der Waals surface area contributed by atoms with Crippen LogP contribution in [0.5, 0.6) is 0 Å². The molecule has 4 heterocycles. The van der Waals surface area contributed by atoms with Gasteiger partial charge in [0.25, 0.3) is 0 Å². The van der Waals surface area contributed by atoms with E-state index in [-0.39, 0.29) is 11.4 Å². The Morgan fingerprint density at radius 2 is 2.00 bits per heavy atom. The van der Waals surface area contributed by atoms with Gasteiger partial charge in [-0.15, -0.1) is 0 Å². The standard InChI is InChI=1S/C27H24ClN3O2/c28-19-7-8-20-22(17-31(24(20)14-19)16-18-4-3-11-30-15-18)25(32)26-21-5-1-2-6-23(21)27(33-26)9-12-29-13-10-27/h1-8,11,14-15,17,26,29H,9-10,12-13,16H2/t26-/m1/s1. The number of rotatable bonds is 4. The first-order chi connectivity index (χ1) is 16.1. The van der Waals surface area contributed by atoms with Crippen molar-refractivity contribution in [3.8, 4) is 0 Å². The number of ketones is 1. The summed E-state index contributed by atoms with van der Waals surface area (Å²) in [5.74, 6) is -0.00452. The van der Waals surface area contributed by atoms with Gasteiger partial charge >= 0.3 is 0 Å². The van der Waals surface area contributed by atoms with Gasteiger partial charge in [0.1, 0.15) is 6.10 Å². The molecule has 2 aliphatic heterocycles. The lowest BCUT2D eigenvalue weighted by atomic mass is 9.84. The van der Waals surface area contributed by atoms with Gasteiger partial charge in [0.2, 0.25) is 0 Å². The van der Waals surface area contributed by atoms with Crippen LogP contribution >= 0.6 is 11.6 Å². The molecule has 4 aromatic rings. The summed E-state index contributed by atoms with van der Waals surface area (Å²) >= 11 is 6.33. The molecule has 6 rings (SSSR count). The van der Waals surface area contributed by atoms with Crippen LogP contribution in [0.15, 0.2) is 73.2 Å². The minimum absolute atomic E-state index is 0.00452. The molecule has 0 amide bonds. The second-order valence-corrected chi connectivity index (χ2v) is 9.32. The third-order valence-corrected chi connectivity index (χ3v) is 7.15. The molecule has 0 radical (unpaired) electrons. The number of piperidine rings is 1. The van der Waals surface area contributed by atoms with E-state index >= 15 is 0 Å². The highest BCUT2D eigenvalue weighted by atomic mass is 35.5. The van der Waals surface area contributed by atoms with Crippen molar-refractivity contribution in [2.24, 2.45) is 0 Å². The number of nitrogens with one attached hydrogen (secondary N) is 1. The van der Waals surface area contributed by atoms with E-state index in [9.17, 15) is 4.79 Å². The summed E-state index contributed by atoms with van der Waals surface area (Å²) in [7, 11) is 0. The summed E-state index contributed by atoms with van der Waals surface area (Å²) in [6.45, 7) is 2.38. The van der Waals surface area contributed by atoms with Gasteiger partial charge in [-0.05, 0) is 60.8 Å². The van der Waals surface area contributed by atoms with E-state index in [0.29, 0.717) is 17.1 Å². The van der Waals surface area contributed by atoms with Gasteiger partial charge in [-0.1, -0.05) is 48.0 Å². The maximum absolute atomic E-state index is 14.0. The highest BCUT2D eigenvalue weighted by molar-refractivity contribution is 6.31. The maximum Gasteiger partial charge on any atom is 0.198 e. The van der Waals surface area contributed by atoms with E-state index in [2.05, 4.69) is 20.9 Å². The average Bonchev–Trinajstić information content (AvgIpc) is 3.36. The van der Waals surface area contributed by atoms with Crippen LogP contribution in [0.2, 0.25) is 5.02 Å². The maximum atomic E-state index is 14.0. The Bertz CT molecular complexity index is 1340. The number of fused-ring (bicyclic) bond motifs is 3. The van der Waals surface area contributed by atoms with Gasteiger partial charge in [0, 0.05) is 41.1 Å². The number of pyridine rings is 1. The summed E-state index contributed by atoms with van der Waals surface area (Å²) in [6.07, 6.45) is 6.67. The molecule has 1 fully saturated rings. The lowest BCUT2D eigenvalue weighted by Crippen LogP contribution is -2.40. The van der Waals surface area contributed by atoms with Crippen molar-refractivity contribution in [2.75, 3.05) is 13.1 Å². The molecule has 2 aromatic heterocycles. The molecule has 0 saturated carbocycles. The third kappa shape index (κ3) is 3.48.